The van der Waals surface area contributed by atoms with Crippen molar-refractivity contribution < 1.29 is 0 Å². The molecule has 3 heteroatoms. The molecule has 1 N–H and O–H groups in total. The minimum Gasteiger partial charge on any atom is -0.385 e. The number of rotatable bonds is 7. The summed E-state index contributed by atoms with van der Waals surface area (Å²) in [6.45, 7) is 4.63. The third-order valence-electron chi connectivity index (χ3n) is 2.50. The summed E-state index contributed by atoms with van der Waals surface area (Å²) >= 11 is 5.94. The first-order valence-electron chi connectivity index (χ1n) is 5.82. The third kappa shape index (κ3) is 4.93. The standard InChI is InChI=1S/C14H17ClN2/c1-2-3-4-5-6-9-17-13-8-7-12(11-16)14(15)10-13/h2,7-8,10,17H,1,3-6,9H2. The number of nitrogens with zero attached hydrogens (tertiary/aromatic N) is 1. The lowest BCUT2D eigenvalue weighted by molar-refractivity contribution is 0.709. The molecule has 0 fully saturated rings. The predicted octanol–water partition coefficient (Wildman–Crippen LogP) is 4.37. The van der Waals surface area contributed by atoms with Gasteiger partial charge in [-0.2, -0.15) is 5.26 Å². The molecule has 0 saturated carbocycles. The molecular formula is C14H17ClN2. The van der Waals surface area contributed by atoms with Crippen LogP contribution < -0.4 is 5.32 Å². The van der Waals surface area contributed by atoms with Crippen LogP contribution in [0, 0.1) is 11.3 Å². The lowest BCUT2D eigenvalue weighted by atomic mass is 10.2. The molecule has 2 nitrogen and oxygen atoms in total. The van der Waals surface area contributed by atoms with E-state index in [0.29, 0.717) is 10.6 Å². The highest BCUT2D eigenvalue weighted by molar-refractivity contribution is 6.32. The number of hydrogen-bond donors (Lipinski definition) is 1. The molecule has 0 unspecified atom stereocenters. The van der Waals surface area contributed by atoms with Crippen LogP contribution in [0.25, 0.3) is 0 Å². The Hall–Kier alpha value is -1.46. The van der Waals surface area contributed by atoms with Crippen LogP contribution in [-0.4, -0.2) is 6.54 Å². The Morgan fingerprint density at radius 1 is 1.35 bits per heavy atom. The number of nitriles is 1. The molecule has 17 heavy (non-hydrogen) atoms. The number of nitrogens with one attached hydrogen (secondary N) is 1. The molecule has 1 rings (SSSR count). The number of allylic oxidation sites excluding steroid dienone is 1. The van der Waals surface area contributed by atoms with Gasteiger partial charge in [-0.1, -0.05) is 24.1 Å². The van der Waals surface area contributed by atoms with Gasteiger partial charge in [-0.3, -0.25) is 0 Å². The van der Waals surface area contributed by atoms with E-state index in [-0.39, 0.29) is 0 Å². The third-order valence-corrected chi connectivity index (χ3v) is 2.82. The fourth-order valence-corrected chi connectivity index (χ4v) is 1.76. The molecule has 0 aliphatic carbocycles. The Morgan fingerprint density at radius 3 is 2.82 bits per heavy atom. The summed E-state index contributed by atoms with van der Waals surface area (Å²) in [6.07, 6.45) is 6.56. The van der Waals surface area contributed by atoms with Gasteiger partial charge in [-0.05, 0) is 37.5 Å². The van der Waals surface area contributed by atoms with E-state index >= 15 is 0 Å². The summed E-state index contributed by atoms with van der Waals surface area (Å²) in [5.74, 6) is 0. The van der Waals surface area contributed by atoms with E-state index < -0.39 is 0 Å². The van der Waals surface area contributed by atoms with Crippen molar-refractivity contribution in [2.24, 2.45) is 0 Å². The SMILES string of the molecule is C=CCCCCCNc1ccc(C#N)c(Cl)c1. The van der Waals surface area contributed by atoms with E-state index in [9.17, 15) is 0 Å². The molecule has 1 aromatic rings. The largest absolute Gasteiger partial charge is 0.385 e. The van der Waals surface area contributed by atoms with Gasteiger partial charge in [0.25, 0.3) is 0 Å². The molecule has 0 amide bonds. The number of anilines is 1. The molecule has 1 aromatic carbocycles. The first-order chi connectivity index (χ1) is 8.27. The van der Waals surface area contributed by atoms with Crippen molar-refractivity contribution >= 4 is 17.3 Å². The maximum absolute atomic E-state index is 8.74. The van der Waals surface area contributed by atoms with Crippen LogP contribution in [0.1, 0.15) is 31.2 Å². The molecule has 0 aliphatic heterocycles. The Kier molecular flexibility index (Phi) is 6.21. The van der Waals surface area contributed by atoms with Gasteiger partial charge in [-0.15, -0.1) is 6.58 Å². The highest BCUT2D eigenvalue weighted by atomic mass is 35.5. The minimum absolute atomic E-state index is 0.504. The van der Waals surface area contributed by atoms with Crippen molar-refractivity contribution in [3.8, 4) is 6.07 Å². The van der Waals surface area contributed by atoms with Crippen molar-refractivity contribution in [2.45, 2.75) is 25.7 Å². The van der Waals surface area contributed by atoms with Gasteiger partial charge < -0.3 is 5.32 Å². The number of unbranched alkanes of at least 4 members (excludes halogenated alkanes) is 3. The molecule has 0 heterocycles. The van der Waals surface area contributed by atoms with Gasteiger partial charge in [0.05, 0.1) is 10.6 Å². The van der Waals surface area contributed by atoms with E-state index in [4.69, 9.17) is 16.9 Å². The smallest absolute Gasteiger partial charge is 0.101 e. The maximum Gasteiger partial charge on any atom is 0.101 e. The summed E-state index contributed by atoms with van der Waals surface area (Å²) in [4.78, 5) is 0. The van der Waals surface area contributed by atoms with E-state index in [1.54, 1.807) is 12.1 Å². The van der Waals surface area contributed by atoms with Crippen molar-refractivity contribution in [2.75, 3.05) is 11.9 Å². The fraction of sp³-hybridized carbons (Fsp3) is 0.357. The Balaban J connectivity index is 2.30. The normalized spacial score (nSPS) is 9.65. The molecule has 0 radical (unpaired) electrons. The van der Waals surface area contributed by atoms with Crippen LogP contribution in [0.5, 0.6) is 0 Å². The van der Waals surface area contributed by atoms with Crippen molar-refractivity contribution in [3.05, 3.63) is 41.4 Å². The molecule has 0 bridgehead atoms. The van der Waals surface area contributed by atoms with Crippen LogP contribution in [-0.2, 0) is 0 Å². The quantitative estimate of drug-likeness (QED) is 0.575. The number of benzene rings is 1. The zero-order chi connectivity index (χ0) is 12.5. The molecular weight excluding hydrogens is 232 g/mol. The minimum atomic E-state index is 0.504. The Bertz CT molecular complexity index is 407. The second kappa shape index (κ2) is 7.76. The topological polar surface area (TPSA) is 35.8 Å². The molecule has 0 spiro atoms. The fourth-order valence-electron chi connectivity index (χ4n) is 1.54. The van der Waals surface area contributed by atoms with E-state index in [1.165, 1.54) is 12.8 Å². The first-order valence-corrected chi connectivity index (χ1v) is 6.20. The average Bonchev–Trinajstić information content (AvgIpc) is 2.34. The molecule has 0 aromatic heterocycles. The summed E-state index contributed by atoms with van der Waals surface area (Å²) in [5.41, 5.74) is 1.49. The summed E-state index contributed by atoms with van der Waals surface area (Å²) < 4.78 is 0. The maximum atomic E-state index is 8.74. The Morgan fingerprint density at radius 2 is 2.18 bits per heavy atom. The van der Waals surface area contributed by atoms with Gasteiger partial charge in [0, 0.05) is 12.2 Å². The molecule has 90 valence electrons. The monoisotopic (exact) mass is 248 g/mol. The predicted molar refractivity (Wildman–Crippen MR) is 73.3 cm³/mol. The van der Waals surface area contributed by atoms with E-state index in [1.807, 2.05) is 18.2 Å². The highest BCUT2D eigenvalue weighted by Gasteiger charge is 2.00. The number of halogens is 1. The van der Waals surface area contributed by atoms with Gasteiger partial charge in [-0.25, -0.2) is 0 Å². The van der Waals surface area contributed by atoms with Gasteiger partial charge in [0.2, 0.25) is 0 Å². The zero-order valence-electron chi connectivity index (χ0n) is 9.88. The molecule has 0 saturated heterocycles. The lowest BCUT2D eigenvalue weighted by Gasteiger charge is -2.06. The molecule has 0 aliphatic rings. The van der Waals surface area contributed by atoms with Crippen molar-refractivity contribution in [1.82, 2.24) is 0 Å². The van der Waals surface area contributed by atoms with Crippen LogP contribution in [0.3, 0.4) is 0 Å². The Labute approximate surface area is 108 Å². The number of hydrogen-bond acceptors (Lipinski definition) is 2. The van der Waals surface area contributed by atoms with Crippen molar-refractivity contribution in [3.63, 3.8) is 0 Å². The zero-order valence-corrected chi connectivity index (χ0v) is 10.6. The molecule has 0 atom stereocenters. The van der Waals surface area contributed by atoms with Gasteiger partial charge in [0.15, 0.2) is 0 Å². The summed E-state index contributed by atoms with van der Waals surface area (Å²) in [6, 6.07) is 7.46. The van der Waals surface area contributed by atoms with Crippen LogP contribution in [0.4, 0.5) is 5.69 Å². The summed E-state index contributed by atoms with van der Waals surface area (Å²) in [5, 5.41) is 12.5. The summed E-state index contributed by atoms with van der Waals surface area (Å²) in [7, 11) is 0. The second-order valence-corrected chi connectivity index (χ2v) is 4.28. The van der Waals surface area contributed by atoms with Crippen LogP contribution >= 0.6 is 11.6 Å². The van der Waals surface area contributed by atoms with E-state index in [0.717, 1.165) is 25.1 Å². The van der Waals surface area contributed by atoms with Crippen LogP contribution in [0.15, 0.2) is 30.9 Å². The second-order valence-electron chi connectivity index (χ2n) is 3.87. The van der Waals surface area contributed by atoms with Crippen LogP contribution in [0.2, 0.25) is 5.02 Å². The van der Waals surface area contributed by atoms with Gasteiger partial charge >= 0.3 is 0 Å². The van der Waals surface area contributed by atoms with Gasteiger partial charge in [0.1, 0.15) is 6.07 Å². The van der Waals surface area contributed by atoms with E-state index in [2.05, 4.69) is 11.9 Å². The first kappa shape index (κ1) is 13.6. The average molecular weight is 249 g/mol. The van der Waals surface area contributed by atoms with Crippen molar-refractivity contribution in [1.29, 1.82) is 5.26 Å². The highest BCUT2D eigenvalue weighted by Crippen LogP contribution is 2.20. The lowest BCUT2D eigenvalue weighted by Crippen LogP contribution is -2.01.